The second kappa shape index (κ2) is 7.22. The van der Waals surface area contributed by atoms with Crippen LogP contribution in [0.4, 0.5) is 10.1 Å². The van der Waals surface area contributed by atoms with Crippen LogP contribution in [0.1, 0.15) is 53.7 Å². The number of nitrogens with zero attached hydrogens (tertiary/aromatic N) is 4. The van der Waals surface area contributed by atoms with Crippen molar-refractivity contribution in [3.8, 4) is 0 Å². The molecule has 0 unspecified atom stereocenters. The summed E-state index contributed by atoms with van der Waals surface area (Å²) in [5, 5.41) is 7.93. The molecule has 2 fully saturated rings. The summed E-state index contributed by atoms with van der Waals surface area (Å²) in [5.41, 5.74) is 2.69. The van der Waals surface area contributed by atoms with E-state index < -0.39 is 0 Å². The zero-order chi connectivity index (χ0) is 20.0. The van der Waals surface area contributed by atoms with Crippen LogP contribution in [0.25, 0.3) is 10.9 Å². The second-order valence-corrected chi connectivity index (χ2v) is 8.23. The van der Waals surface area contributed by atoms with Crippen molar-refractivity contribution in [2.75, 3.05) is 25.5 Å². The summed E-state index contributed by atoms with van der Waals surface area (Å²) in [7, 11) is 2.13. The Bertz CT molecular complexity index is 1070. The van der Waals surface area contributed by atoms with Gasteiger partial charge >= 0.3 is 0 Å². The first-order valence-electron chi connectivity index (χ1n) is 10.2. The van der Waals surface area contributed by atoms with Crippen LogP contribution < -0.4 is 5.32 Å². The monoisotopic (exact) mass is 393 g/mol. The molecule has 1 aromatic carbocycles. The molecule has 6 nitrogen and oxygen atoms in total. The zero-order valence-corrected chi connectivity index (χ0v) is 16.4. The van der Waals surface area contributed by atoms with Gasteiger partial charge in [0.25, 0.3) is 5.91 Å². The van der Waals surface area contributed by atoms with Gasteiger partial charge in [-0.05, 0) is 70.1 Å². The number of halogens is 1. The maximum absolute atomic E-state index is 13.8. The number of benzene rings is 1. The second-order valence-electron chi connectivity index (χ2n) is 8.23. The minimum absolute atomic E-state index is 0.257. The van der Waals surface area contributed by atoms with Crippen LogP contribution >= 0.6 is 0 Å². The Balaban J connectivity index is 1.41. The summed E-state index contributed by atoms with van der Waals surface area (Å²) in [4.78, 5) is 20.0. The molecular formula is C22H24FN5O. The smallest absolute Gasteiger partial charge is 0.256 e. The summed E-state index contributed by atoms with van der Waals surface area (Å²) in [5.74, 6) is -0.223. The summed E-state index contributed by atoms with van der Waals surface area (Å²) < 4.78 is 15.8. The summed E-state index contributed by atoms with van der Waals surface area (Å²) in [6, 6.07) is 6.59. The highest BCUT2D eigenvalue weighted by atomic mass is 19.1. The molecule has 5 rings (SSSR count). The Morgan fingerprint density at radius 3 is 2.72 bits per heavy atom. The maximum atomic E-state index is 13.8. The van der Waals surface area contributed by atoms with Crippen LogP contribution in [0.5, 0.6) is 0 Å². The van der Waals surface area contributed by atoms with E-state index in [9.17, 15) is 9.18 Å². The van der Waals surface area contributed by atoms with Gasteiger partial charge in [-0.15, -0.1) is 0 Å². The van der Waals surface area contributed by atoms with Crippen molar-refractivity contribution in [3.05, 3.63) is 53.7 Å². The molecule has 0 spiro atoms. The molecule has 0 radical (unpaired) electrons. The van der Waals surface area contributed by atoms with Crippen molar-refractivity contribution in [2.45, 2.75) is 37.6 Å². The molecule has 0 atom stereocenters. The van der Waals surface area contributed by atoms with Gasteiger partial charge in [-0.25, -0.2) is 4.39 Å². The average Bonchev–Trinajstić information content (AvgIpc) is 3.47. The van der Waals surface area contributed by atoms with Gasteiger partial charge in [0.2, 0.25) is 0 Å². The van der Waals surface area contributed by atoms with Gasteiger partial charge in [0.15, 0.2) is 0 Å². The fraction of sp³-hybridized carbons (Fsp3) is 0.409. The van der Waals surface area contributed by atoms with Crippen LogP contribution in [-0.2, 0) is 0 Å². The highest BCUT2D eigenvalue weighted by Crippen LogP contribution is 2.40. The van der Waals surface area contributed by atoms with E-state index in [2.05, 4.69) is 27.3 Å². The lowest BCUT2D eigenvalue weighted by Gasteiger charge is -2.28. The van der Waals surface area contributed by atoms with E-state index >= 15 is 0 Å². The predicted molar refractivity (Wildman–Crippen MR) is 110 cm³/mol. The van der Waals surface area contributed by atoms with Gasteiger partial charge < -0.3 is 10.2 Å². The van der Waals surface area contributed by atoms with Crippen LogP contribution in [-0.4, -0.2) is 45.7 Å². The minimum Gasteiger partial charge on any atom is -0.319 e. The topological polar surface area (TPSA) is 63.0 Å². The number of aromatic nitrogens is 3. The predicted octanol–water partition coefficient (Wildman–Crippen LogP) is 3.97. The van der Waals surface area contributed by atoms with Gasteiger partial charge in [-0.3, -0.25) is 14.5 Å². The normalized spacial score (nSPS) is 18.3. The highest BCUT2D eigenvalue weighted by molar-refractivity contribution is 6.12. The Morgan fingerprint density at radius 1 is 1.17 bits per heavy atom. The van der Waals surface area contributed by atoms with Gasteiger partial charge in [0.05, 0.1) is 29.0 Å². The van der Waals surface area contributed by atoms with Crippen LogP contribution in [0.3, 0.4) is 0 Å². The molecular weight excluding hydrogens is 369 g/mol. The molecule has 1 saturated carbocycles. The van der Waals surface area contributed by atoms with Crippen molar-refractivity contribution in [1.82, 2.24) is 19.7 Å². The number of hydrogen-bond donors (Lipinski definition) is 1. The third kappa shape index (κ3) is 3.74. The molecule has 1 aliphatic carbocycles. The molecule has 3 aromatic rings. The Labute approximate surface area is 168 Å². The Kier molecular flexibility index (Phi) is 4.54. The quantitative estimate of drug-likeness (QED) is 0.729. The van der Waals surface area contributed by atoms with Gasteiger partial charge in [0, 0.05) is 23.2 Å². The number of pyridine rings is 1. The van der Waals surface area contributed by atoms with E-state index in [1.165, 1.54) is 12.1 Å². The van der Waals surface area contributed by atoms with Crippen molar-refractivity contribution in [1.29, 1.82) is 0 Å². The molecule has 150 valence electrons. The summed E-state index contributed by atoms with van der Waals surface area (Å²) in [6.45, 7) is 2.09. The van der Waals surface area contributed by atoms with Crippen molar-refractivity contribution >= 4 is 22.5 Å². The van der Waals surface area contributed by atoms with Gasteiger partial charge in [-0.1, -0.05) is 0 Å². The van der Waals surface area contributed by atoms with Crippen LogP contribution in [0.2, 0.25) is 0 Å². The maximum Gasteiger partial charge on any atom is 0.256 e. The first-order chi connectivity index (χ1) is 14.1. The molecule has 2 aromatic heterocycles. The molecule has 1 saturated heterocycles. The average molecular weight is 393 g/mol. The number of anilines is 1. The Morgan fingerprint density at radius 2 is 1.97 bits per heavy atom. The number of rotatable bonds is 4. The number of carbonyl (C=O) groups excluding carboxylic acids is 1. The number of fused-ring (bicyclic) bond motifs is 1. The molecule has 3 heterocycles. The fourth-order valence-electron chi connectivity index (χ4n) is 4.05. The van der Waals surface area contributed by atoms with E-state index in [4.69, 9.17) is 0 Å². The van der Waals surface area contributed by atoms with E-state index in [1.807, 2.05) is 16.9 Å². The Hall–Kier alpha value is -2.80. The molecule has 7 heteroatoms. The fourth-order valence-corrected chi connectivity index (χ4v) is 4.05. The summed E-state index contributed by atoms with van der Waals surface area (Å²) >= 11 is 0. The van der Waals surface area contributed by atoms with Gasteiger partial charge in [0.1, 0.15) is 5.82 Å². The lowest BCUT2D eigenvalue weighted by atomic mass is 10.0. The number of carbonyl (C=O) groups is 1. The molecule has 0 bridgehead atoms. The lowest BCUT2D eigenvalue weighted by Crippen LogP contribution is -2.31. The van der Waals surface area contributed by atoms with E-state index in [-0.39, 0.29) is 11.7 Å². The highest BCUT2D eigenvalue weighted by Gasteiger charge is 2.27. The van der Waals surface area contributed by atoms with Crippen molar-refractivity contribution in [3.63, 3.8) is 0 Å². The van der Waals surface area contributed by atoms with Crippen molar-refractivity contribution in [2.24, 2.45) is 0 Å². The largest absolute Gasteiger partial charge is 0.319 e. The van der Waals surface area contributed by atoms with Crippen LogP contribution in [0.15, 0.2) is 36.7 Å². The number of hydrogen-bond acceptors (Lipinski definition) is 4. The molecule has 1 amide bonds. The molecule has 29 heavy (non-hydrogen) atoms. The first kappa shape index (κ1) is 18.2. The van der Waals surface area contributed by atoms with E-state index in [0.29, 0.717) is 34.1 Å². The molecule has 1 aliphatic heterocycles. The third-order valence-corrected chi connectivity index (χ3v) is 5.95. The zero-order valence-electron chi connectivity index (χ0n) is 16.4. The number of amides is 1. The van der Waals surface area contributed by atoms with Gasteiger partial charge in [-0.2, -0.15) is 5.10 Å². The van der Waals surface area contributed by atoms with E-state index in [0.717, 1.165) is 44.5 Å². The third-order valence-electron chi connectivity index (χ3n) is 5.95. The van der Waals surface area contributed by atoms with E-state index in [1.54, 1.807) is 12.3 Å². The number of piperidine rings is 1. The van der Waals surface area contributed by atoms with Crippen molar-refractivity contribution < 1.29 is 9.18 Å². The summed E-state index contributed by atoms with van der Waals surface area (Å²) in [6.07, 6.45) is 7.84. The SMILES string of the molecule is CN1CCC(n2cc(NC(=O)c3cc(C4CC4)nc4ccc(F)cc34)cn2)CC1. The standard InChI is InChI=1S/C22H24FN5O/c1-27-8-6-17(7-9-27)28-13-16(12-24-28)25-22(29)19-11-21(14-2-3-14)26-20-5-4-15(23)10-18(19)20/h4-5,10-14,17H,2-3,6-9H2,1H3,(H,25,29). The van der Waals surface area contributed by atoms with Crippen LogP contribution in [0, 0.1) is 5.82 Å². The number of likely N-dealkylation sites (tertiary alicyclic amines) is 1. The first-order valence-corrected chi connectivity index (χ1v) is 10.2. The number of nitrogens with one attached hydrogen (secondary N) is 1. The molecule has 1 N–H and O–H groups in total. The molecule has 2 aliphatic rings. The minimum atomic E-state index is -0.373. The lowest BCUT2D eigenvalue weighted by molar-refractivity contribution is 0.102.